The maximum absolute atomic E-state index is 12.1. The second-order valence-electron chi connectivity index (χ2n) is 6.30. The lowest BCUT2D eigenvalue weighted by Gasteiger charge is -2.29. The smallest absolute Gasteiger partial charge is 0.221 e. The van der Waals surface area contributed by atoms with Crippen LogP contribution in [0, 0.1) is 0 Å². The first-order valence-electron chi connectivity index (χ1n) is 8.70. The minimum Gasteiger partial charge on any atom is -0.755 e. The molecule has 0 saturated heterocycles. The van der Waals surface area contributed by atoms with Gasteiger partial charge in [0.1, 0.15) is 0 Å². The number of nitrogens with one attached hydrogen (secondary N) is 1. The topological polar surface area (TPSA) is 111 Å². The molecule has 1 atom stereocenters. The molecule has 1 amide bonds. The number of benzene rings is 2. The monoisotopic (exact) mass is 463 g/mol. The van der Waals surface area contributed by atoms with Gasteiger partial charge in [-0.2, -0.15) is 0 Å². The van der Waals surface area contributed by atoms with Crippen molar-refractivity contribution in [1.29, 1.82) is 0 Å². The van der Waals surface area contributed by atoms with Crippen LogP contribution < -0.4 is 15.4 Å². The van der Waals surface area contributed by atoms with E-state index in [1.54, 1.807) is 36.5 Å². The van der Waals surface area contributed by atoms with Crippen molar-refractivity contribution in [1.82, 2.24) is 4.98 Å². The fourth-order valence-corrected chi connectivity index (χ4v) is 3.80. The molecule has 30 heavy (non-hydrogen) atoms. The molecule has 10 heteroatoms. The average molecular weight is 464 g/mol. The van der Waals surface area contributed by atoms with Crippen molar-refractivity contribution in [2.75, 3.05) is 9.62 Å². The van der Waals surface area contributed by atoms with Crippen molar-refractivity contribution in [3.63, 3.8) is 0 Å². The number of hydrogen-bond donors (Lipinski definition) is 2. The molecule has 1 aromatic heterocycles. The molecule has 1 unspecified atom stereocenters. The van der Waals surface area contributed by atoms with Gasteiger partial charge in [0.05, 0.1) is 44.6 Å². The van der Waals surface area contributed by atoms with Crippen molar-refractivity contribution in [2.24, 2.45) is 5.73 Å². The van der Waals surface area contributed by atoms with E-state index in [-0.39, 0.29) is 17.5 Å². The minimum absolute atomic E-state index is 0.120. The van der Waals surface area contributed by atoms with Crippen LogP contribution in [0.4, 0.5) is 17.1 Å². The molecule has 1 heterocycles. The summed E-state index contributed by atoms with van der Waals surface area (Å²) in [6.45, 7) is 1.52. The van der Waals surface area contributed by atoms with E-state index in [4.69, 9.17) is 28.9 Å². The molecule has 0 aliphatic rings. The number of rotatable bonds is 6. The first-order valence-corrected chi connectivity index (χ1v) is 10.5. The van der Waals surface area contributed by atoms with Crippen LogP contribution in [-0.4, -0.2) is 19.7 Å². The highest BCUT2D eigenvalue weighted by Crippen LogP contribution is 2.36. The molecular weight excluding hydrogens is 447 g/mol. The third-order valence-electron chi connectivity index (χ3n) is 4.20. The number of halogens is 2. The summed E-state index contributed by atoms with van der Waals surface area (Å²) in [5.41, 5.74) is 9.06. The Balaban J connectivity index is 2.12. The summed E-state index contributed by atoms with van der Waals surface area (Å²) in [7, 11) is 0. The summed E-state index contributed by atoms with van der Waals surface area (Å²) in [4.78, 5) is 15.5. The Hall–Kier alpha value is -2.49. The van der Waals surface area contributed by atoms with E-state index in [1.807, 2.05) is 0 Å². The SMILES string of the molecule is CC(=O)Nc1cncc(-c2ccc(CN)c(N(c3ccc(Cl)c(Cl)c3)S(=O)[O-])c2)c1. The number of carbonyl (C=O) groups excluding carboxylic acids is 1. The van der Waals surface area contributed by atoms with Crippen molar-refractivity contribution in [3.8, 4) is 11.1 Å². The zero-order valence-corrected chi connectivity index (χ0v) is 18.1. The Morgan fingerprint density at radius 1 is 1.13 bits per heavy atom. The fraction of sp³-hybridized carbons (Fsp3) is 0.100. The highest BCUT2D eigenvalue weighted by molar-refractivity contribution is 7.81. The third-order valence-corrected chi connectivity index (χ3v) is 5.65. The molecular formula is C20H17Cl2N4O3S-. The van der Waals surface area contributed by atoms with Crippen LogP contribution >= 0.6 is 23.2 Å². The molecule has 7 nitrogen and oxygen atoms in total. The van der Waals surface area contributed by atoms with Gasteiger partial charge in [0, 0.05) is 25.2 Å². The predicted octanol–water partition coefficient (Wildman–Crippen LogP) is 4.40. The molecule has 3 N–H and O–H groups in total. The first-order chi connectivity index (χ1) is 14.3. The zero-order valence-electron chi connectivity index (χ0n) is 15.8. The summed E-state index contributed by atoms with van der Waals surface area (Å²) in [6, 6.07) is 11.5. The van der Waals surface area contributed by atoms with Gasteiger partial charge >= 0.3 is 0 Å². The number of carbonyl (C=O) groups is 1. The molecule has 0 aliphatic heterocycles. The quantitative estimate of drug-likeness (QED) is 0.525. The highest BCUT2D eigenvalue weighted by atomic mass is 35.5. The summed E-state index contributed by atoms with van der Waals surface area (Å²) in [5.74, 6) is -0.222. The Bertz CT molecular complexity index is 1130. The number of pyridine rings is 1. The van der Waals surface area contributed by atoms with Crippen LogP contribution in [0.5, 0.6) is 0 Å². The predicted molar refractivity (Wildman–Crippen MR) is 119 cm³/mol. The van der Waals surface area contributed by atoms with Crippen molar-refractivity contribution >= 4 is 57.4 Å². The molecule has 0 saturated carbocycles. The Morgan fingerprint density at radius 3 is 2.53 bits per heavy atom. The van der Waals surface area contributed by atoms with E-state index in [2.05, 4.69) is 10.3 Å². The molecule has 0 fully saturated rings. The normalized spacial score (nSPS) is 11.8. The van der Waals surface area contributed by atoms with Gasteiger partial charge in [-0.1, -0.05) is 35.3 Å². The standard InChI is InChI=1S/C20H18Cl2N4O3S/c1-12(27)25-16-6-15(10-24-11-16)13-2-3-14(9-23)20(7-13)26(30(28)29)17-4-5-18(21)19(22)8-17/h2-8,10-11H,9,23H2,1H3,(H,25,27)(H,28,29)/p-1. The maximum atomic E-state index is 12.1. The zero-order chi connectivity index (χ0) is 21.8. The number of nitrogens with zero attached hydrogens (tertiary/aromatic N) is 2. The van der Waals surface area contributed by atoms with E-state index in [0.29, 0.717) is 38.8 Å². The largest absolute Gasteiger partial charge is 0.755 e. The van der Waals surface area contributed by atoms with Gasteiger partial charge < -0.3 is 15.6 Å². The van der Waals surface area contributed by atoms with Gasteiger partial charge in [-0.05, 0) is 41.5 Å². The van der Waals surface area contributed by atoms with E-state index < -0.39 is 11.3 Å². The molecule has 156 valence electrons. The fourth-order valence-electron chi connectivity index (χ4n) is 2.89. The average Bonchev–Trinajstić information content (AvgIpc) is 2.70. The Kier molecular flexibility index (Phi) is 7.06. The number of aromatic nitrogens is 1. The molecule has 0 bridgehead atoms. The number of hydrogen-bond acceptors (Lipinski definition) is 5. The Morgan fingerprint density at radius 2 is 1.90 bits per heavy atom. The first kappa shape index (κ1) is 22.2. The minimum atomic E-state index is -2.66. The van der Waals surface area contributed by atoms with Crippen molar-refractivity contribution < 1.29 is 13.6 Å². The highest BCUT2D eigenvalue weighted by Gasteiger charge is 2.17. The lowest BCUT2D eigenvalue weighted by atomic mass is 10.0. The Labute approximate surface area is 186 Å². The molecule has 3 aromatic rings. The van der Waals surface area contributed by atoms with Crippen LogP contribution in [0.3, 0.4) is 0 Å². The van der Waals surface area contributed by atoms with Crippen LogP contribution in [0.2, 0.25) is 10.0 Å². The van der Waals surface area contributed by atoms with Crippen LogP contribution in [0.25, 0.3) is 11.1 Å². The second-order valence-corrected chi connectivity index (χ2v) is 7.91. The van der Waals surface area contributed by atoms with E-state index in [1.165, 1.54) is 25.3 Å². The van der Waals surface area contributed by atoms with Crippen LogP contribution in [-0.2, 0) is 22.6 Å². The second kappa shape index (κ2) is 9.55. The summed E-state index contributed by atoms with van der Waals surface area (Å²) in [5, 5.41) is 3.21. The number of anilines is 3. The van der Waals surface area contributed by atoms with Crippen LogP contribution in [0.15, 0.2) is 54.9 Å². The van der Waals surface area contributed by atoms with E-state index in [0.717, 1.165) is 4.31 Å². The van der Waals surface area contributed by atoms with Gasteiger partial charge in [0.15, 0.2) is 0 Å². The molecule has 2 aromatic carbocycles. The summed E-state index contributed by atoms with van der Waals surface area (Å²) >= 11 is 9.39. The molecule has 3 rings (SSSR count). The number of amides is 1. The van der Waals surface area contributed by atoms with Gasteiger partial charge in [0.2, 0.25) is 5.91 Å². The van der Waals surface area contributed by atoms with E-state index in [9.17, 15) is 13.6 Å². The van der Waals surface area contributed by atoms with Gasteiger partial charge in [-0.25, -0.2) is 0 Å². The van der Waals surface area contributed by atoms with Gasteiger partial charge in [0.25, 0.3) is 0 Å². The molecule has 0 spiro atoms. The summed E-state index contributed by atoms with van der Waals surface area (Å²) in [6.07, 6.45) is 3.14. The lowest BCUT2D eigenvalue weighted by Crippen LogP contribution is -2.21. The summed E-state index contributed by atoms with van der Waals surface area (Å²) < 4.78 is 25.4. The van der Waals surface area contributed by atoms with Gasteiger partial charge in [-0.15, -0.1) is 0 Å². The maximum Gasteiger partial charge on any atom is 0.221 e. The molecule has 0 radical (unpaired) electrons. The van der Waals surface area contributed by atoms with E-state index >= 15 is 0 Å². The number of nitrogens with two attached hydrogens (primary N) is 1. The van der Waals surface area contributed by atoms with Crippen molar-refractivity contribution in [3.05, 3.63) is 70.5 Å². The molecule has 0 aliphatic carbocycles. The van der Waals surface area contributed by atoms with Crippen molar-refractivity contribution in [2.45, 2.75) is 13.5 Å². The third kappa shape index (κ3) is 4.97. The lowest BCUT2D eigenvalue weighted by molar-refractivity contribution is -0.114. The van der Waals surface area contributed by atoms with Crippen LogP contribution in [0.1, 0.15) is 12.5 Å². The van der Waals surface area contributed by atoms with Gasteiger partial charge in [-0.3, -0.25) is 18.3 Å².